The predicted molar refractivity (Wildman–Crippen MR) is 122 cm³/mol. The van der Waals surface area contributed by atoms with Crippen LogP contribution in [-0.2, 0) is 16.1 Å². The molecule has 0 heterocycles. The molecule has 2 amide bonds. The van der Waals surface area contributed by atoms with E-state index < -0.39 is 6.04 Å². The molecule has 4 nitrogen and oxygen atoms in total. The maximum Gasteiger partial charge on any atom is 0.243 e. The van der Waals surface area contributed by atoms with Crippen LogP contribution in [0, 0.1) is 0 Å². The van der Waals surface area contributed by atoms with E-state index in [4.69, 9.17) is 23.2 Å². The predicted octanol–water partition coefficient (Wildman–Crippen LogP) is 5.42. The maximum absolute atomic E-state index is 13.1. The lowest BCUT2D eigenvalue weighted by Crippen LogP contribution is -2.50. The van der Waals surface area contributed by atoms with Crippen LogP contribution in [0.1, 0.15) is 32.8 Å². The molecule has 0 fully saturated rings. The van der Waals surface area contributed by atoms with Crippen LogP contribution in [0.15, 0.2) is 53.4 Å². The molecule has 0 aromatic heterocycles. The van der Waals surface area contributed by atoms with Gasteiger partial charge in [0, 0.05) is 17.5 Å². The monoisotopic (exact) mass is 452 g/mol. The third kappa shape index (κ3) is 7.25. The van der Waals surface area contributed by atoms with Gasteiger partial charge in [0.05, 0.1) is 15.8 Å². The van der Waals surface area contributed by atoms with Crippen molar-refractivity contribution in [1.29, 1.82) is 0 Å². The second-order valence-electron chi connectivity index (χ2n) is 6.96. The van der Waals surface area contributed by atoms with Crippen LogP contribution in [0.3, 0.4) is 0 Å². The molecule has 0 saturated heterocycles. The first-order valence-corrected chi connectivity index (χ1v) is 11.3. The number of carbonyl (C=O) groups excluding carboxylic acids is 2. The Bertz CT molecular complexity index is 831. The number of hydrogen-bond acceptors (Lipinski definition) is 3. The summed E-state index contributed by atoms with van der Waals surface area (Å²) in [4.78, 5) is 28.5. The molecular weight excluding hydrogens is 427 g/mol. The van der Waals surface area contributed by atoms with E-state index in [1.165, 1.54) is 11.8 Å². The van der Waals surface area contributed by atoms with Gasteiger partial charge in [-0.15, -0.1) is 11.8 Å². The zero-order chi connectivity index (χ0) is 21.4. The summed E-state index contributed by atoms with van der Waals surface area (Å²) in [6.07, 6.45) is 0.515. The van der Waals surface area contributed by atoms with E-state index in [9.17, 15) is 9.59 Å². The number of rotatable bonds is 9. The van der Waals surface area contributed by atoms with Gasteiger partial charge < -0.3 is 10.2 Å². The molecule has 2 rings (SSSR count). The van der Waals surface area contributed by atoms with Gasteiger partial charge in [0.1, 0.15) is 6.04 Å². The third-order valence-electron chi connectivity index (χ3n) is 4.26. The Morgan fingerprint density at radius 2 is 1.76 bits per heavy atom. The van der Waals surface area contributed by atoms with Gasteiger partial charge in [0.25, 0.3) is 0 Å². The Labute approximate surface area is 187 Å². The zero-order valence-corrected chi connectivity index (χ0v) is 19.2. The summed E-state index contributed by atoms with van der Waals surface area (Å²) in [5.41, 5.74) is 0.827. The van der Waals surface area contributed by atoms with Gasteiger partial charge in [-0.25, -0.2) is 0 Å². The van der Waals surface area contributed by atoms with Gasteiger partial charge >= 0.3 is 0 Å². The highest BCUT2D eigenvalue weighted by Crippen LogP contribution is 2.25. The number of halogens is 2. The van der Waals surface area contributed by atoms with Crippen LogP contribution in [0.25, 0.3) is 0 Å². The number of thioether (sulfide) groups is 1. The van der Waals surface area contributed by atoms with Crippen molar-refractivity contribution in [3.63, 3.8) is 0 Å². The fourth-order valence-electron chi connectivity index (χ4n) is 2.88. The van der Waals surface area contributed by atoms with Crippen LogP contribution in [-0.4, -0.2) is 34.6 Å². The van der Waals surface area contributed by atoms with E-state index in [-0.39, 0.29) is 30.2 Å². The lowest BCUT2D eigenvalue weighted by Gasteiger charge is -2.31. The molecule has 7 heteroatoms. The number of benzene rings is 2. The Balaban J connectivity index is 2.23. The minimum atomic E-state index is -0.560. The molecule has 1 unspecified atom stereocenters. The van der Waals surface area contributed by atoms with Crippen molar-refractivity contribution >= 4 is 46.8 Å². The minimum Gasteiger partial charge on any atom is -0.352 e. The smallest absolute Gasteiger partial charge is 0.243 e. The molecule has 0 bridgehead atoms. The molecule has 0 radical (unpaired) electrons. The van der Waals surface area contributed by atoms with E-state index in [1.54, 1.807) is 17.0 Å². The van der Waals surface area contributed by atoms with Crippen LogP contribution >= 0.6 is 35.0 Å². The molecule has 0 aliphatic carbocycles. The van der Waals surface area contributed by atoms with Gasteiger partial charge in [-0.05, 0) is 50.1 Å². The van der Waals surface area contributed by atoms with Crippen molar-refractivity contribution in [2.75, 3.05) is 5.75 Å². The molecule has 2 aromatic rings. The fourth-order valence-corrected chi connectivity index (χ4v) is 4.01. The Morgan fingerprint density at radius 1 is 1.07 bits per heavy atom. The Morgan fingerprint density at radius 3 is 2.34 bits per heavy atom. The molecule has 156 valence electrons. The molecule has 0 saturated carbocycles. The van der Waals surface area contributed by atoms with Crippen LogP contribution in [0.5, 0.6) is 0 Å². The van der Waals surface area contributed by atoms with Crippen molar-refractivity contribution in [2.24, 2.45) is 0 Å². The normalized spacial score (nSPS) is 11.9. The van der Waals surface area contributed by atoms with Crippen molar-refractivity contribution in [1.82, 2.24) is 10.2 Å². The summed E-state index contributed by atoms with van der Waals surface area (Å²) in [7, 11) is 0. The van der Waals surface area contributed by atoms with Gasteiger partial charge in [0.15, 0.2) is 0 Å². The van der Waals surface area contributed by atoms with Gasteiger partial charge in [-0.1, -0.05) is 54.4 Å². The topological polar surface area (TPSA) is 49.4 Å². The van der Waals surface area contributed by atoms with Crippen LogP contribution < -0.4 is 5.32 Å². The highest BCUT2D eigenvalue weighted by molar-refractivity contribution is 8.00. The van der Waals surface area contributed by atoms with Crippen molar-refractivity contribution in [3.05, 3.63) is 64.1 Å². The number of nitrogens with zero attached hydrogens (tertiary/aromatic N) is 1. The SMILES string of the molecule is CCC(C(=O)NC(C)C)N(Cc1ccc(Cl)c(Cl)c1)C(=O)CSc1ccccc1. The Kier molecular flexibility index (Phi) is 9.34. The first-order valence-electron chi connectivity index (χ1n) is 9.53. The van der Waals surface area contributed by atoms with Gasteiger partial charge in [-0.3, -0.25) is 9.59 Å². The highest BCUT2D eigenvalue weighted by atomic mass is 35.5. The molecule has 0 spiro atoms. The van der Waals surface area contributed by atoms with Crippen molar-refractivity contribution < 1.29 is 9.59 Å². The van der Waals surface area contributed by atoms with Crippen LogP contribution in [0.4, 0.5) is 0 Å². The molecule has 0 aliphatic rings. The fraction of sp³-hybridized carbons (Fsp3) is 0.364. The number of carbonyl (C=O) groups is 2. The standard InChI is InChI=1S/C22H26Cl2N2O2S/c1-4-20(22(28)25-15(2)3)26(13-16-10-11-18(23)19(24)12-16)21(27)14-29-17-8-6-5-7-9-17/h5-12,15,20H,4,13-14H2,1-3H3,(H,25,28). The third-order valence-corrected chi connectivity index (χ3v) is 6.00. The van der Waals surface area contributed by atoms with E-state index in [0.29, 0.717) is 16.5 Å². The Hall–Kier alpha value is -1.69. The lowest BCUT2D eigenvalue weighted by molar-refractivity contribution is -0.139. The second kappa shape index (κ2) is 11.5. The van der Waals surface area contributed by atoms with E-state index in [0.717, 1.165) is 10.5 Å². The summed E-state index contributed by atoms with van der Waals surface area (Å²) in [5, 5.41) is 3.80. The number of amides is 2. The molecule has 1 N–H and O–H groups in total. The number of hydrogen-bond donors (Lipinski definition) is 1. The molecule has 2 aromatic carbocycles. The average Bonchev–Trinajstić information content (AvgIpc) is 2.69. The minimum absolute atomic E-state index is 0.00262. The molecular formula is C22H26Cl2N2O2S. The summed E-state index contributed by atoms with van der Waals surface area (Å²) < 4.78 is 0. The van der Waals surface area contributed by atoms with E-state index in [2.05, 4.69) is 5.32 Å². The quantitative estimate of drug-likeness (QED) is 0.516. The lowest BCUT2D eigenvalue weighted by atomic mass is 10.1. The van der Waals surface area contributed by atoms with E-state index in [1.807, 2.05) is 57.2 Å². The first-order chi connectivity index (χ1) is 13.8. The largest absolute Gasteiger partial charge is 0.352 e. The summed E-state index contributed by atoms with van der Waals surface area (Å²) in [5.74, 6) is -0.00660. The van der Waals surface area contributed by atoms with E-state index >= 15 is 0 Å². The van der Waals surface area contributed by atoms with Crippen LogP contribution in [0.2, 0.25) is 10.0 Å². The molecule has 1 atom stereocenters. The first kappa shape index (κ1) is 23.6. The van der Waals surface area contributed by atoms with Gasteiger partial charge in [0.2, 0.25) is 11.8 Å². The maximum atomic E-state index is 13.1. The highest BCUT2D eigenvalue weighted by Gasteiger charge is 2.29. The molecule has 29 heavy (non-hydrogen) atoms. The van der Waals surface area contributed by atoms with Gasteiger partial charge in [-0.2, -0.15) is 0 Å². The summed E-state index contributed by atoms with van der Waals surface area (Å²) in [6.45, 7) is 6.00. The average molecular weight is 453 g/mol. The summed E-state index contributed by atoms with van der Waals surface area (Å²) in [6, 6.07) is 14.4. The second-order valence-corrected chi connectivity index (χ2v) is 8.82. The van der Waals surface area contributed by atoms with Crippen molar-refractivity contribution in [3.8, 4) is 0 Å². The molecule has 0 aliphatic heterocycles. The number of nitrogens with one attached hydrogen (secondary N) is 1. The summed E-state index contributed by atoms with van der Waals surface area (Å²) >= 11 is 13.6. The van der Waals surface area contributed by atoms with Crippen molar-refractivity contribution in [2.45, 2.75) is 50.7 Å². The zero-order valence-electron chi connectivity index (χ0n) is 16.8.